The normalized spacial score (nSPS) is 34.5. The highest BCUT2D eigenvalue weighted by atomic mass is 15.2. The van der Waals surface area contributed by atoms with Gasteiger partial charge in [0.2, 0.25) is 0 Å². The molecule has 0 aliphatic carbocycles. The maximum Gasteiger partial charge on any atom is 0.0105 e. The molecule has 0 spiro atoms. The monoisotopic (exact) mass is 141 g/mol. The number of rotatable bonds is 2. The van der Waals surface area contributed by atoms with E-state index in [-0.39, 0.29) is 0 Å². The van der Waals surface area contributed by atoms with Crippen LogP contribution >= 0.6 is 0 Å². The molecule has 2 atom stereocenters. The molecule has 1 rings (SSSR count). The van der Waals surface area contributed by atoms with Crippen LogP contribution in [0.1, 0.15) is 27.2 Å². The van der Waals surface area contributed by atoms with Crippen LogP contribution in [0.5, 0.6) is 0 Å². The third-order valence-electron chi connectivity index (χ3n) is 2.67. The lowest BCUT2D eigenvalue weighted by atomic mass is 9.84. The number of likely N-dealkylation sites (tertiary alicyclic amines) is 1. The molecule has 1 heterocycles. The van der Waals surface area contributed by atoms with Crippen LogP contribution in [0.4, 0.5) is 0 Å². The molecule has 0 aromatic rings. The van der Waals surface area contributed by atoms with E-state index in [1.807, 2.05) is 0 Å². The fraction of sp³-hybridized carbons (Fsp3) is 1.00. The average molecular weight is 141 g/mol. The molecule has 0 aromatic carbocycles. The van der Waals surface area contributed by atoms with Crippen LogP contribution in [0, 0.1) is 11.8 Å². The summed E-state index contributed by atoms with van der Waals surface area (Å²) in [5, 5.41) is 0. The minimum atomic E-state index is 0.836. The molecule has 0 bridgehead atoms. The zero-order valence-electron chi connectivity index (χ0n) is 7.59. The van der Waals surface area contributed by atoms with Gasteiger partial charge in [0.1, 0.15) is 0 Å². The molecule has 0 saturated carbocycles. The smallest absolute Gasteiger partial charge is 0.0105 e. The summed E-state index contributed by atoms with van der Waals surface area (Å²) >= 11 is 0. The average Bonchev–Trinajstić information content (AvgIpc) is 1.86. The molecule has 1 fully saturated rings. The summed E-state index contributed by atoms with van der Waals surface area (Å²) in [5.74, 6) is 1.85. The van der Waals surface area contributed by atoms with E-state index in [4.69, 9.17) is 0 Å². The minimum absolute atomic E-state index is 0.836. The van der Waals surface area contributed by atoms with Crippen molar-refractivity contribution >= 4 is 0 Å². The first-order valence-electron chi connectivity index (χ1n) is 4.31. The molecular formula is C9H19N. The third kappa shape index (κ3) is 1.51. The Kier molecular flexibility index (Phi) is 2.35. The topological polar surface area (TPSA) is 3.24 Å². The van der Waals surface area contributed by atoms with Gasteiger partial charge in [0, 0.05) is 12.6 Å². The van der Waals surface area contributed by atoms with Gasteiger partial charge in [-0.25, -0.2) is 0 Å². The second kappa shape index (κ2) is 2.91. The predicted molar refractivity (Wildman–Crippen MR) is 45.0 cm³/mol. The van der Waals surface area contributed by atoms with Gasteiger partial charge in [-0.1, -0.05) is 13.8 Å². The van der Waals surface area contributed by atoms with Crippen molar-refractivity contribution < 1.29 is 0 Å². The fourth-order valence-corrected chi connectivity index (χ4v) is 1.79. The van der Waals surface area contributed by atoms with Crippen LogP contribution in [-0.2, 0) is 0 Å². The summed E-state index contributed by atoms with van der Waals surface area (Å²) in [4.78, 5) is 2.42. The van der Waals surface area contributed by atoms with E-state index in [0.29, 0.717) is 0 Å². The lowest BCUT2D eigenvalue weighted by molar-refractivity contribution is 0.0411. The van der Waals surface area contributed by atoms with Gasteiger partial charge >= 0.3 is 0 Å². The molecule has 0 N–H and O–H groups in total. The second-order valence-electron chi connectivity index (χ2n) is 4.07. The minimum Gasteiger partial charge on any atom is -0.303 e. The van der Waals surface area contributed by atoms with Crippen LogP contribution in [0.15, 0.2) is 0 Å². The zero-order valence-corrected chi connectivity index (χ0v) is 7.59. The lowest BCUT2D eigenvalue weighted by Crippen LogP contribution is -2.52. The Bertz CT molecular complexity index is 109. The van der Waals surface area contributed by atoms with E-state index in [1.165, 1.54) is 13.0 Å². The molecule has 1 saturated heterocycles. The summed E-state index contributed by atoms with van der Waals surface area (Å²) in [6, 6.07) is 0.836. The van der Waals surface area contributed by atoms with Crippen molar-refractivity contribution in [2.75, 3.05) is 13.6 Å². The number of hydrogen-bond acceptors (Lipinski definition) is 1. The quantitative estimate of drug-likeness (QED) is 0.568. The molecule has 10 heavy (non-hydrogen) atoms. The molecule has 1 aliphatic rings. The Morgan fingerprint density at radius 1 is 1.50 bits per heavy atom. The first kappa shape index (κ1) is 8.06. The molecular weight excluding hydrogens is 122 g/mol. The maximum absolute atomic E-state index is 2.42. The van der Waals surface area contributed by atoms with E-state index in [9.17, 15) is 0 Å². The van der Waals surface area contributed by atoms with Gasteiger partial charge in [-0.15, -0.1) is 0 Å². The highest BCUT2D eigenvalue weighted by Crippen LogP contribution is 2.27. The van der Waals surface area contributed by atoms with Gasteiger partial charge in [-0.3, -0.25) is 0 Å². The Labute approximate surface area is 64.4 Å². The lowest BCUT2D eigenvalue weighted by Gasteiger charge is -2.45. The summed E-state index contributed by atoms with van der Waals surface area (Å²) < 4.78 is 0. The van der Waals surface area contributed by atoms with E-state index >= 15 is 0 Å². The first-order chi connectivity index (χ1) is 4.61. The van der Waals surface area contributed by atoms with Crippen molar-refractivity contribution in [3.8, 4) is 0 Å². The van der Waals surface area contributed by atoms with Gasteiger partial charge in [-0.05, 0) is 32.2 Å². The van der Waals surface area contributed by atoms with Crippen LogP contribution in [-0.4, -0.2) is 24.5 Å². The van der Waals surface area contributed by atoms with Crippen molar-refractivity contribution in [1.29, 1.82) is 0 Å². The Hall–Kier alpha value is -0.0400. The van der Waals surface area contributed by atoms with E-state index in [0.717, 1.165) is 17.9 Å². The summed E-state index contributed by atoms with van der Waals surface area (Å²) in [5.41, 5.74) is 0. The molecule has 2 unspecified atom stereocenters. The van der Waals surface area contributed by atoms with Crippen molar-refractivity contribution in [2.45, 2.75) is 33.2 Å². The van der Waals surface area contributed by atoms with E-state index in [1.54, 1.807) is 0 Å². The standard InChI is InChI=1S/C9H19N/c1-7(2)5-9-6-10(4)8(9)3/h7-9H,5-6H2,1-4H3. The highest BCUT2D eigenvalue weighted by molar-refractivity contribution is 4.86. The van der Waals surface area contributed by atoms with Gasteiger partial charge < -0.3 is 4.90 Å². The van der Waals surface area contributed by atoms with Crippen molar-refractivity contribution in [3.05, 3.63) is 0 Å². The molecule has 1 nitrogen and oxygen atoms in total. The van der Waals surface area contributed by atoms with E-state index in [2.05, 4.69) is 32.7 Å². The maximum atomic E-state index is 2.42. The summed E-state index contributed by atoms with van der Waals surface area (Å²) in [6.07, 6.45) is 1.41. The summed E-state index contributed by atoms with van der Waals surface area (Å²) in [6.45, 7) is 8.27. The van der Waals surface area contributed by atoms with Crippen molar-refractivity contribution in [1.82, 2.24) is 4.90 Å². The summed E-state index contributed by atoms with van der Waals surface area (Å²) in [7, 11) is 2.21. The molecule has 60 valence electrons. The van der Waals surface area contributed by atoms with Crippen LogP contribution in [0.25, 0.3) is 0 Å². The zero-order chi connectivity index (χ0) is 7.72. The van der Waals surface area contributed by atoms with Gasteiger partial charge in [0.15, 0.2) is 0 Å². The Morgan fingerprint density at radius 2 is 2.10 bits per heavy atom. The van der Waals surface area contributed by atoms with Crippen LogP contribution in [0.3, 0.4) is 0 Å². The first-order valence-corrected chi connectivity index (χ1v) is 4.31. The van der Waals surface area contributed by atoms with Gasteiger partial charge in [-0.2, -0.15) is 0 Å². The number of hydrogen-bond donors (Lipinski definition) is 0. The van der Waals surface area contributed by atoms with Crippen LogP contribution < -0.4 is 0 Å². The predicted octanol–water partition coefficient (Wildman–Crippen LogP) is 1.98. The molecule has 1 aliphatic heterocycles. The SMILES string of the molecule is CC(C)CC1CN(C)C1C. The van der Waals surface area contributed by atoms with Crippen molar-refractivity contribution in [2.24, 2.45) is 11.8 Å². The second-order valence-corrected chi connectivity index (χ2v) is 4.07. The van der Waals surface area contributed by atoms with Crippen LogP contribution in [0.2, 0.25) is 0 Å². The largest absolute Gasteiger partial charge is 0.303 e. The Morgan fingerprint density at radius 3 is 2.40 bits per heavy atom. The number of nitrogens with zero attached hydrogens (tertiary/aromatic N) is 1. The van der Waals surface area contributed by atoms with Crippen molar-refractivity contribution in [3.63, 3.8) is 0 Å². The third-order valence-corrected chi connectivity index (χ3v) is 2.67. The van der Waals surface area contributed by atoms with Gasteiger partial charge in [0.25, 0.3) is 0 Å². The molecule has 0 amide bonds. The highest BCUT2D eigenvalue weighted by Gasteiger charge is 2.31. The molecule has 0 aromatic heterocycles. The van der Waals surface area contributed by atoms with E-state index < -0.39 is 0 Å². The Balaban J connectivity index is 2.20. The molecule has 0 radical (unpaired) electrons. The van der Waals surface area contributed by atoms with Gasteiger partial charge in [0.05, 0.1) is 0 Å². The molecule has 1 heteroatoms. The fourth-order valence-electron chi connectivity index (χ4n) is 1.79.